The molecule has 3 unspecified atom stereocenters. The van der Waals surface area contributed by atoms with E-state index >= 15 is 0 Å². The predicted octanol–water partition coefficient (Wildman–Crippen LogP) is 7.88. The highest BCUT2D eigenvalue weighted by molar-refractivity contribution is 9.10. The molecule has 3 atom stereocenters. The zero-order chi connectivity index (χ0) is 66.5. The molecule has 23 nitrogen and oxygen atoms in total. The first-order chi connectivity index (χ1) is 42.6. The van der Waals surface area contributed by atoms with E-state index in [2.05, 4.69) is 57.4 Å². The van der Waals surface area contributed by atoms with Gasteiger partial charge in [-0.05, 0) is 134 Å². The van der Waals surface area contributed by atoms with Gasteiger partial charge in [-0.25, -0.2) is 32.8 Å². The van der Waals surface area contributed by atoms with E-state index in [0.29, 0.717) is 79.6 Å². The van der Waals surface area contributed by atoms with Crippen molar-refractivity contribution >= 4 is 118 Å². The van der Waals surface area contributed by atoms with Gasteiger partial charge in [-0.1, -0.05) is 104 Å². The van der Waals surface area contributed by atoms with Crippen LogP contribution in [-0.2, 0) is 70.2 Å². The maximum absolute atomic E-state index is 13.3. The first-order valence-electron chi connectivity index (χ1n) is 29.1. The lowest BCUT2D eigenvalue weighted by atomic mass is 10.2. The monoisotopic (exact) mass is 1420 g/mol. The number of thioether (sulfide) groups is 1. The van der Waals surface area contributed by atoms with Crippen LogP contribution in [0.2, 0.25) is 15.1 Å². The van der Waals surface area contributed by atoms with Gasteiger partial charge >= 0.3 is 17.1 Å². The normalized spacial score (nSPS) is 12.5. The summed E-state index contributed by atoms with van der Waals surface area (Å²) in [6.07, 6.45) is 1.46. The molecule has 0 saturated carbocycles. The molecule has 0 fully saturated rings. The van der Waals surface area contributed by atoms with Crippen molar-refractivity contribution in [1.82, 2.24) is 56.1 Å². The maximum atomic E-state index is 13.3. The lowest BCUT2D eigenvalue weighted by Gasteiger charge is -2.12. The second-order valence-corrected chi connectivity index (χ2v) is 27.1. The number of sulfone groups is 1. The average molecular weight is 1420 g/mol. The number of aromatic nitrogens is 12. The zero-order valence-corrected chi connectivity index (χ0v) is 57.9. The molecule has 9 aromatic rings. The summed E-state index contributed by atoms with van der Waals surface area (Å²) in [5.74, 6) is 1.73. The third-order valence-corrected chi connectivity index (χ3v) is 18.9. The Kier molecular flexibility index (Phi) is 26.8. The molecular weight excluding hydrogens is 1350 g/mol. The van der Waals surface area contributed by atoms with Crippen LogP contribution in [0.15, 0.2) is 117 Å². The van der Waals surface area contributed by atoms with Crippen molar-refractivity contribution in [3.05, 3.63) is 172 Å². The van der Waals surface area contributed by atoms with E-state index in [4.69, 9.17) is 34.8 Å². The number of aryl methyl sites for hydroxylation is 3. The minimum absolute atomic E-state index is 0.00226. The number of nitrogens with zero attached hydrogens (tertiary/aromatic N) is 12. The largest absolute Gasteiger partial charge is 0.393 e. The van der Waals surface area contributed by atoms with E-state index in [-0.39, 0.29) is 60.2 Å². The molecule has 0 radical (unpaired) electrons. The van der Waals surface area contributed by atoms with Crippen LogP contribution >= 0.6 is 75.1 Å². The topological polar surface area (TPSA) is 280 Å². The molecule has 0 aliphatic carbocycles. The van der Waals surface area contributed by atoms with Gasteiger partial charge in [-0.3, -0.25) is 41.8 Å². The van der Waals surface area contributed by atoms with Crippen molar-refractivity contribution in [2.75, 3.05) is 17.3 Å². The number of fused-ring (bicyclic) bond motifs is 3. The molecule has 0 spiro atoms. The molecule has 90 heavy (non-hydrogen) atoms. The number of thiol groups is 1. The summed E-state index contributed by atoms with van der Waals surface area (Å²) in [5, 5.41) is 30.9. The van der Waals surface area contributed by atoms with E-state index in [1.807, 2.05) is 41.0 Å². The number of hydrogen-bond acceptors (Lipinski definition) is 16. The molecule has 0 aliphatic rings. The summed E-state index contributed by atoms with van der Waals surface area (Å²) < 4.78 is 38.5. The van der Waals surface area contributed by atoms with Crippen LogP contribution in [0.5, 0.6) is 0 Å². The van der Waals surface area contributed by atoms with Gasteiger partial charge in [0, 0.05) is 61.6 Å². The molecule has 9 rings (SSSR count). The summed E-state index contributed by atoms with van der Waals surface area (Å²) in [5.41, 5.74) is 1.16. The summed E-state index contributed by atoms with van der Waals surface area (Å²) in [6, 6.07) is 21.6. The lowest BCUT2D eigenvalue weighted by molar-refractivity contribution is 0.176. The first kappa shape index (κ1) is 73.0. The molecule has 6 heterocycles. The third-order valence-electron chi connectivity index (χ3n) is 14.1. The summed E-state index contributed by atoms with van der Waals surface area (Å²) in [6.45, 7) is 12.0. The number of aliphatic hydroxyl groups is 3. The van der Waals surface area contributed by atoms with Gasteiger partial charge in [0.2, 0.25) is 15.0 Å². The quantitative estimate of drug-likeness (QED) is 0.0285. The smallest absolute Gasteiger partial charge is 0.332 e. The second kappa shape index (κ2) is 33.0. The highest BCUT2D eigenvalue weighted by Crippen LogP contribution is 2.26. The van der Waals surface area contributed by atoms with Crippen LogP contribution in [0, 0.1) is 0 Å². The first-order valence-corrected chi connectivity index (χ1v) is 34.3. The Morgan fingerprint density at radius 2 is 0.844 bits per heavy atom. The van der Waals surface area contributed by atoms with Gasteiger partial charge < -0.3 is 29.0 Å². The molecule has 3 aromatic carbocycles. The fraction of sp³-hybridized carbons (Fsp3) is 0.450. The van der Waals surface area contributed by atoms with Gasteiger partial charge in [0.15, 0.2) is 43.4 Å². The SMILES string of the molecule is CC(O)CCn1c(=O)c2c(nc(Br)n2Cc2ccc(Cl)cc2)n(C)c1=O.CCCS.CCCS(=O)(=O)c1nc2c(c(=O)n(CCC(C)O)c(=O)n2C)n1Cc1ccc(Cl)cc1.CCCSc1nc2c(c(=O)n(CCC(C)O)c(=O)n2C)n1Cc1ccc(Cl)cc1. The van der Waals surface area contributed by atoms with Crippen molar-refractivity contribution in [3.63, 3.8) is 0 Å². The van der Waals surface area contributed by atoms with Crippen LogP contribution in [0.1, 0.15) is 96.8 Å². The lowest BCUT2D eigenvalue weighted by Crippen LogP contribution is -2.40. The van der Waals surface area contributed by atoms with Crippen LogP contribution in [0.25, 0.3) is 33.5 Å². The van der Waals surface area contributed by atoms with E-state index in [9.17, 15) is 52.5 Å². The number of benzene rings is 3. The summed E-state index contributed by atoms with van der Waals surface area (Å²) in [7, 11) is 0.850. The van der Waals surface area contributed by atoms with Crippen LogP contribution in [0.4, 0.5) is 0 Å². The number of rotatable bonds is 22. The van der Waals surface area contributed by atoms with Gasteiger partial charge in [-0.2, -0.15) is 17.6 Å². The number of halogens is 4. The predicted molar refractivity (Wildman–Crippen MR) is 363 cm³/mol. The Labute approximate surface area is 552 Å². The third kappa shape index (κ3) is 17.8. The highest BCUT2D eigenvalue weighted by atomic mass is 79.9. The molecule has 30 heteroatoms. The summed E-state index contributed by atoms with van der Waals surface area (Å²) >= 11 is 26.7. The van der Waals surface area contributed by atoms with Crippen molar-refractivity contribution in [2.45, 2.75) is 148 Å². The molecule has 0 aliphatic heterocycles. The summed E-state index contributed by atoms with van der Waals surface area (Å²) in [4.78, 5) is 90.6. The minimum atomic E-state index is -3.79. The number of imidazole rings is 3. The Morgan fingerprint density at radius 3 is 1.20 bits per heavy atom. The molecular formula is C60H76BrCl3N12O11S3. The van der Waals surface area contributed by atoms with Crippen molar-refractivity contribution in [1.29, 1.82) is 0 Å². The van der Waals surface area contributed by atoms with Crippen molar-refractivity contribution in [2.24, 2.45) is 21.1 Å². The number of aliphatic hydroxyl groups excluding tert-OH is 3. The maximum Gasteiger partial charge on any atom is 0.332 e. The van der Waals surface area contributed by atoms with Crippen molar-refractivity contribution < 1.29 is 23.7 Å². The fourth-order valence-corrected chi connectivity index (χ4v) is 12.4. The Bertz CT molecular complexity index is 4440. The van der Waals surface area contributed by atoms with Crippen molar-refractivity contribution in [3.8, 4) is 0 Å². The molecule has 3 N–H and O–H groups in total. The molecule has 0 bridgehead atoms. The van der Waals surface area contributed by atoms with E-state index in [1.54, 1.807) is 94.5 Å². The Balaban J connectivity index is 0.000000209. The van der Waals surface area contributed by atoms with E-state index in [1.165, 1.54) is 36.3 Å². The highest BCUT2D eigenvalue weighted by Gasteiger charge is 2.28. The number of hydrogen-bond donors (Lipinski definition) is 4. The van der Waals surface area contributed by atoms with E-state index in [0.717, 1.165) is 43.8 Å². The van der Waals surface area contributed by atoms with Crippen LogP contribution in [0.3, 0.4) is 0 Å². The van der Waals surface area contributed by atoms with Gasteiger partial charge in [0.25, 0.3) is 16.7 Å². The standard InChI is InChI=1S/C20H25ClN4O5S.C20H25ClN4O3S.C17H18BrClN4O3.C3H8S/c1-4-11-31(29,30)19-22-17-16(25(19)12-14-5-7-15(21)8-6-14)18(27)24(10-9-13(2)26)20(28)23(17)3;1-4-11-29-19-22-17-16(25(19)12-14-5-7-15(21)8-6-14)18(27)24(10-9-13(2)26)20(28)23(17)3;1-10(24)7-8-22-15(25)13-14(21(2)17(22)26)20-16(18)23(13)9-11-3-5-12(19)6-4-11;1-2-3-4/h5-8,13,26H,4,9-12H2,1-3H3;5-8,13,26H,4,9-12H2,1-3H3;3-6,10,24H,7-9H2,1-2H3;4H,2-3H2,1H3. The fourth-order valence-electron chi connectivity index (χ4n) is 9.24. The van der Waals surface area contributed by atoms with Gasteiger partial charge in [0.1, 0.15) is 0 Å². The Hall–Kier alpha value is -6.01. The van der Waals surface area contributed by atoms with Gasteiger partial charge in [-0.15, -0.1) is 0 Å². The van der Waals surface area contributed by atoms with Crippen LogP contribution in [-0.4, -0.2) is 115 Å². The molecule has 6 aromatic heterocycles. The Morgan fingerprint density at radius 1 is 0.511 bits per heavy atom. The van der Waals surface area contributed by atoms with E-state index < -0.39 is 56.3 Å². The van der Waals surface area contributed by atoms with Gasteiger partial charge in [0.05, 0.1) is 43.7 Å². The minimum Gasteiger partial charge on any atom is -0.393 e. The second-order valence-electron chi connectivity index (χ2n) is 21.5. The molecule has 0 amide bonds. The average Bonchev–Trinajstić information content (AvgIpc) is 1.59. The zero-order valence-electron chi connectivity index (χ0n) is 51.5. The molecule has 488 valence electrons. The van der Waals surface area contributed by atoms with Crippen LogP contribution < -0.4 is 33.7 Å². The molecule has 0 saturated heterocycles.